The summed E-state index contributed by atoms with van der Waals surface area (Å²) in [4.78, 5) is 0. The topological polar surface area (TPSA) is 82.3 Å². The highest BCUT2D eigenvalue weighted by Crippen LogP contribution is 2.22. The van der Waals surface area contributed by atoms with Gasteiger partial charge in [-0.15, -0.1) is 5.10 Å². The van der Waals surface area contributed by atoms with Gasteiger partial charge in [-0.25, -0.2) is 4.39 Å². The molecule has 0 aliphatic rings. The van der Waals surface area contributed by atoms with Gasteiger partial charge in [-0.1, -0.05) is 6.07 Å². The number of ether oxygens (including phenoxy) is 2. The molecule has 0 bridgehead atoms. The molecule has 1 atom stereocenters. The van der Waals surface area contributed by atoms with Gasteiger partial charge in [0.15, 0.2) is 11.6 Å². The number of rotatable bonds is 6. The fourth-order valence-corrected chi connectivity index (χ4v) is 1.95. The zero-order valence-corrected chi connectivity index (χ0v) is 11.8. The molecule has 0 saturated carbocycles. The monoisotopic (exact) mass is 292 g/mol. The summed E-state index contributed by atoms with van der Waals surface area (Å²) in [7, 11) is 2.94. The Morgan fingerprint density at radius 1 is 1.19 bits per heavy atom. The van der Waals surface area contributed by atoms with Crippen molar-refractivity contribution in [3.05, 3.63) is 47.4 Å². The van der Waals surface area contributed by atoms with E-state index in [-0.39, 0.29) is 11.8 Å². The summed E-state index contributed by atoms with van der Waals surface area (Å²) < 4.78 is 23.5. The zero-order valence-electron chi connectivity index (χ0n) is 11.8. The van der Waals surface area contributed by atoms with Crippen molar-refractivity contribution in [1.82, 2.24) is 15.6 Å². The lowest BCUT2D eigenvalue weighted by atomic mass is 10.0. The molecule has 0 aliphatic carbocycles. The van der Waals surface area contributed by atoms with E-state index in [0.717, 1.165) is 5.56 Å². The van der Waals surface area contributed by atoms with Crippen molar-refractivity contribution in [3.8, 4) is 11.6 Å². The summed E-state index contributed by atoms with van der Waals surface area (Å²) in [5.41, 5.74) is 4.08. The molecule has 2 aromatic rings. The number of aromatic nitrogens is 2. The van der Waals surface area contributed by atoms with Crippen LogP contribution in [0.5, 0.6) is 11.6 Å². The number of hydrogen-bond donors (Lipinski definition) is 2. The molecule has 0 spiro atoms. The number of halogens is 1. The molecule has 0 aliphatic heterocycles. The second-order valence-electron chi connectivity index (χ2n) is 4.39. The van der Waals surface area contributed by atoms with Crippen LogP contribution in [-0.4, -0.2) is 24.4 Å². The predicted molar refractivity (Wildman–Crippen MR) is 75.3 cm³/mol. The van der Waals surface area contributed by atoms with Gasteiger partial charge >= 0.3 is 0 Å². The first-order valence-electron chi connectivity index (χ1n) is 6.34. The normalized spacial score (nSPS) is 12.0. The molecule has 3 N–H and O–H groups in total. The maximum absolute atomic E-state index is 13.7. The molecule has 2 rings (SSSR count). The van der Waals surface area contributed by atoms with Crippen LogP contribution >= 0.6 is 0 Å². The minimum atomic E-state index is -0.411. The average Bonchev–Trinajstić information content (AvgIpc) is 2.53. The standard InChI is InChI=1S/C14H17FN4O2/c1-20-13-5-3-9(7-10(13)15)8-12(17-16)11-4-6-14(21-2)19-18-11/h3-7,12,17H,8,16H2,1-2H3. The van der Waals surface area contributed by atoms with Crippen LogP contribution in [0.2, 0.25) is 0 Å². The molecule has 1 aromatic carbocycles. The second kappa shape index (κ2) is 6.96. The number of hydrazine groups is 1. The Labute approximate surface area is 122 Å². The average molecular weight is 292 g/mol. The highest BCUT2D eigenvalue weighted by molar-refractivity contribution is 5.30. The smallest absolute Gasteiger partial charge is 0.233 e. The van der Waals surface area contributed by atoms with E-state index < -0.39 is 5.82 Å². The Kier molecular flexibility index (Phi) is 5.02. The summed E-state index contributed by atoms with van der Waals surface area (Å²) in [5.74, 6) is 5.77. The number of nitrogens with zero attached hydrogens (tertiary/aromatic N) is 2. The van der Waals surface area contributed by atoms with Gasteiger partial charge < -0.3 is 9.47 Å². The van der Waals surface area contributed by atoms with E-state index in [4.69, 9.17) is 15.3 Å². The summed E-state index contributed by atoms with van der Waals surface area (Å²) in [6.07, 6.45) is 0.471. The maximum Gasteiger partial charge on any atom is 0.233 e. The number of nitrogens with one attached hydrogen (secondary N) is 1. The third-order valence-electron chi connectivity index (χ3n) is 3.08. The molecule has 6 nitrogen and oxygen atoms in total. The lowest BCUT2D eigenvalue weighted by molar-refractivity contribution is 0.385. The van der Waals surface area contributed by atoms with Crippen molar-refractivity contribution >= 4 is 0 Å². The van der Waals surface area contributed by atoms with Gasteiger partial charge in [-0.3, -0.25) is 11.3 Å². The van der Waals surface area contributed by atoms with Gasteiger partial charge in [0.25, 0.3) is 0 Å². The lowest BCUT2D eigenvalue weighted by Crippen LogP contribution is -2.30. The van der Waals surface area contributed by atoms with Gasteiger partial charge in [-0.2, -0.15) is 5.10 Å². The van der Waals surface area contributed by atoms with Crippen LogP contribution in [0, 0.1) is 5.82 Å². The van der Waals surface area contributed by atoms with Gasteiger partial charge in [0.1, 0.15) is 0 Å². The zero-order chi connectivity index (χ0) is 15.2. The largest absolute Gasteiger partial charge is 0.494 e. The molecule has 0 saturated heterocycles. The van der Waals surface area contributed by atoms with Gasteiger partial charge in [0.05, 0.1) is 26.0 Å². The number of nitrogens with two attached hydrogens (primary N) is 1. The molecule has 1 heterocycles. The maximum atomic E-state index is 13.7. The molecule has 0 amide bonds. The van der Waals surface area contributed by atoms with Gasteiger partial charge in [0.2, 0.25) is 5.88 Å². The van der Waals surface area contributed by atoms with E-state index in [2.05, 4.69) is 15.6 Å². The Bertz CT molecular complexity index is 592. The first kappa shape index (κ1) is 15.1. The lowest BCUT2D eigenvalue weighted by Gasteiger charge is -2.15. The van der Waals surface area contributed by atoms with E-state index in [1.807, 2.05) is 0 Å². The molecular formula is C14H17FN4O2. The highest BCUT2D eigenvalue weighted by atomic mass is 19.1. The number of methoxy groups -OCH3 is 2. The first-order valence-corrected chi connectivity index (χ1v) is 6.34. The molecule has 112 valence electrons. The van der Waals surface area contributed by atoms with Crippen LogP contribution in [-0.2, 0) is 6.42 Å². The van der Waals surface area contributed by atoms with Crippen molar-refractivity contribution in [1.29, 1.82) is 0 Å². The van der Waals surface area contributed by atoms with E-state index in [1.54, 1.807) is 24.3 Å². The molecule has 0 radical (unpaired) electrons. The van der Waals surface area contributed by atoms with Crippen molar-refractivity contribution in [2.75, 3.05) is 14.2 Å². The Morgan fingerprint density at radius 2 is 2.00 bits per heavy atom. The van der Waals surface area contributed by atoms with E-state index >= 15 is 0 Å². The predicted octanol–water partition coefficient (Wildman–Crippen LogP) is 1.38. The van der Waals surface area contributed by atoms with Crippen molar-refractivity contribution in [2.45, 2.75) is 12.5 Å². The third-order valence-corrected chi connectivity index (χ3v) is 3.08. The van der Waals surface area contributed by atoms with Crippen LogP contribution < -0.4 is 20.7 Å². The SMILES string of the molecule is COc1ccc(C(Cc2ccc(OC)c(F)c2)NN)nn1. The molecule has 7 heteroatoms. The molecular weight excluding hydrogens is 275 g/mol. The van der Waals surface area contributed by atoms with Crippen molar-refractivity contribution < 1.29 is 13.9 Å². The van der Waals surface area contributed by atoms with E-state index in [9.17, 15) is 4.39 Å². The number of benzene rings is 1. The molecule has 1 unspecified atom stereocenters. The highest BCUT2D eigenvalue weighted by Gasteiger charge is 2.14. The molecule has 21 heavy (non-hydrogen) atoms. The molecule has 1 aromatic heterocycles. The Balaban J connectivity index is 2.16. The van der Waals surface area contributed by atoms with Crippen LogP contribution in [0.4, 0.5) is 4.39 Å². The van der Waals surface area contributed by atoms with Gasteiger partial charge in [-0.05, 0) is 30.2 Å². The minimum Gasteiger partial charge on any atom is -0.494 e. The number of hydrogen-bond acceptors (Lipinski definition) is 6. The van der Waals surface area contributed by atoms with Crippen LogP contribution in [0.1, 0.15) is 17.3 Å². The van der Waals surface area contributed by atoms with Crippen molar-refractivity contribution in [3.63, 3.8) is 0 Å². The minimum absolute atomic E-state index is 0.209. The van der Waals surface area contributed by atoms with E-state index in [1.165, 1.54) is 20.3 Å². The van der Waals surface area contributed by atoms with E-state index in [0.29, 0.717) is 18.0 Å². The fraction of sp³-hybridized carbons (Fsp3) is 0.286. The van der Waals surface area contributed by atoms with Gasteiger partial charge in [0, 0.05) is 6.07 Å². The third kappa shape index (κ3) is 3.65. The summed E-state index contributed by atoms with van der Waals surface area (Å²) in [6.45, 7) is 0. The Morgan fingerprint density at radius 3 is 2.52 bits per heavy atom. The quantitative estimate of drug-likeness (QED) is 0.618. The Hall–Kier alpha value is -2.25. The summed E-state index contributed by atoms with van der Waals surface area (Å²) in [5, 5.41) is 7.93. The first-order chi connectivity index (χ1) is 10.2. The summed E-state index contributed by atoms with van der Waals surface area (Å²) in [6, 6.07) is 7.95. The summed E-state index contributed by atoms with van der Waals surface area (Å²) >= 11 is 0. The van der Waals surface area contributed by atoms with Crippen molar-refractivity contribution in [2.24, 2.45) is 5.84 Å². The second-order valence-corrected chi connectivity index (χ2v) is 4.39. The van der Waals surface area contributed by atoms with Crippen LogP contribution in [0.3, 0.4) is 0 Å². The fourth-order valence-electron chi connectivity index (χ4n) is 1.95. The van der Waals surface area contributed by atoms with Crippen LogP contribution in [0.25, 0.3) is 0 Å². The van der Waals surface area contributed by atoms with Crippen LogP contribution in [0.15, 0.2) is 30.3 Å². The molecule has 0 fully saturated rings.